The van der Waals surface area contributed by atoms with E-state index < -0.39 is 34.9 Å². The molecule has 0 saturated heterocycles. The van der Waals surface area contributed by atoms with Gasteiger partial charge in [-0.2, -0.15) is 13.2 Å². The lowest BCUT2D eigenvalue weighted by Gasteiger charge is -2.20. The number of carbonyl (C=O) groups is 1. The Kier molecular flexibility index (Phi) is 2.42. The van der Waals surface area contributed by atoms with Crippen LogP contribution >= 0.6 is 0 Å². The lowest BCUT2D eigenvalue weighted by molar-refractivity contribution is -0.138. The lowest BCUT2D eigenvalue weighted by Crippen LogP contribution is -2.34. The summed E-state index contributed by atoms with van der Waals surface area (Å²) in [6.07, 6.45) is -0.744. The number of carbonyl (C=O) groups excluding carboxylic acids is 1. The third-order valence-corrected chi connectivity index (χ3v) is 3.59. The van der Waals surface area contributed by atoms with Gasteiger partial charge in [0, 0.05) is 5.92 Å². The maximum Gasteiger partial charge on any atom is 0.433 e. The smallest absolute Gasteiger partial charge is 0.433 e. The Morgan fingerprint density at radius 2 is 2.20 bits per heavy atom. The molecule has 0 amide bonds. The van der Waals surface area contributed by atoms with Crippen molar-refractivity contribution in [2.24, 2.45) is 10.9 Å². The molecule has 0 bridgehead atoms. The summed E-state index contributed by atoms with van der Waals surface area (Å²) in [6, 6.07) is 0. The highest BCUT2D eigenvalue weighted by molar-refractivity contribution is 6.23. The topological polar surface area (TPSA) is 58.9 Å². The van der Waals surface area contributed by atoms with Crippen LogP contribution in [-0.4, -0.2) is 35.1 Å². The van der Waals surface area contributed by atoms with E-state index in [4.69, 9.17) is 0 Å². The molecule has 1 aliphatic heterocycles. The molecule has 1 fully saturated rings. The fourth-order valence-corrected chi connectivity index (χ4v) is 2.67. The molecule has 1 saturated carbocycles. The van der Waals surface area contributed by atoms with Crippen LogP contribution in [0.1, 0.15) is 6.92 Å². The van der Waals surface area contributed by atoms with Crippen LogP contribution in [0.4, 0.5) is 13.2 Å². The molecule has 1 N–H and O–H groups in total. The number of aliphatic hydroxyl groups excluding tert-OH is 1. The number of hydrogen-bond donors (Lipinski definition) is 1. The molecule has 0 radical (unpaired) electrons. The summed E-state index contributed by atoms with van der Waals surface area (Å²) in [6.45, 7) is 1.49. The number of rotatable bonds is 2. The Balaban J connectivity index is 2.06. The monoisotopic (exact) mass is 285 g/mol. The number of halogens is 3. The average Bonchev–Trinajstić information content (AvgIpc) is 2.91. The van der Waals surface area contributed by atoms with Gasteiger partial charge in [-0.25, -0.2) is 4.79 Å². The van der Waals surface area contributed by atoms with Crippen LogP contribution in [0.3, 0.4) is 0 Å². The quantitative estimate of drug-likeness (QED) is 0.792. The number of esters is 1. The number of aliphatic imine (C=N–C) groups is 1. The van der Waals surface area contributed by atoms with Crippen LogP contribution in [0.5, 0.6) is 0 Å². The lowest BCUT2D eigenvalue weighted by atomic mass is 10.0. The van der Waals surface area contributed by atoms with E-state index in [1.165, 1.54) is 25.2 Å². The minimum Gasteiger partial charge on any atom is -0.509 e. The molecular weight excluding hydrogens is 275 g/mol. The molecule has 3 aliphatic rings. The fraction of sp³-hybridized carbons (Fsp3) is 0.385. The second-order valence-corrected chi connectivity index (χ2v) is 4.68. The zero-order valence-electron chi connectivity index (χ0n) is 10.4. The summed E-state index contributed by atoms with van der Waals surface area (Å²) in [4.78, 5) is 15.3. The molecule has 20 heavy (non-hydrogen) atoms. The van der Waals surface area contributed by atoms with Gasteiger partial charge < -0.3 is 9.84 Å². The Labute approximate surface area is 111 Å². The van der Waals surface area contributed by atoms with Crippen LogP contribution in [0, 0.1) is 5.92 Å². The van der Waals surface area contributed by atoms with Crippen molar-refractivity contribution in [2.75, 3.05) is 6.61 Å². The average molecular weight is 285 g/mol. The standard InChI is InChI=1S/C13H10F3NO3/c1-2-20-11(19)6-5-8-7-3-4-9(18)12(7,8)17-10(6)13(14,15)16/h3-5,8,18H,2H2,1H3/t8-,12+/m1/s1. The summed E-state index contributed by atoms with van der Waals surface area (Å²) < 4.78 is 43.8. The van der Waals surface area contributed by atoms with Gasteiger partial charge in [0.05, 0.1) is 12.2 Å². The molecule has 1 heterocycles. The van der Waals surface area contributed by atoms with E-state index in [0.717, 1.165) is 0 Å². The summed E-state index contributed by atoms with van der Waals surface area (Å²) in [5.74, 6) is -1.76. The third-order valence-electron chi connectivity index (χ3n) is 3.59. The second-order valence-electron chi connectivity index (χ2n) is 4.68. The summed E-state index contributed by atoms with van der Waals surface area (Å²) >= 11 is 0. The zero-order valence-corrected chi connectivity index (χ0v) is 10.4. The van der Waals surface area contributed by atoms with Gasteiger partial charge in [0.1, 0.15) is 11.3 Å². The highest BCUT2D eigenvalue weighted by atomic mass is 19.4. The summed E-state index contributed by atoms with van der Waals surface area (Å²) in [5, 5.41) is 9.73. The number of hydrogen-bond acceptors (Lipinski definition) is 4. The Morgan fingerprint density at radius 3 is 2.80 bits per heavy atom. The van der Waals surface area contributed by atoms with Gasteiger partial charge in [-0.15, -0.1) is 0 Å². The normalized spacial score (nSPS) is 30.5. The minimum atomic E-state index is -4.78. The van der Waals surface area contributed by atoms with Crippen molar-refractivity contribution >= 4 is 11.7 Å². The van der Waals surface area contributed by atoms with E-state index in [9.17, 15) is 23.1 Å². The molecular formula is C13H10F3NO3. The van der Waals surface area contributed by atoms with Crippen molar-refractivity contribution in [1.82, 2.24) is 0 Å². The van der Waals surface area contributed by atoms with Crippen molar-refractivity contribution in [3.8, 4) is 0 Å². The first-order chi connectivity index (χ1) is 9.32. The molecule has 7 heteroatoms. The molecule has 106 valence electrons. The van der Waals surface area contributed by atoms with Crippen molar-refractivity contribution in [3.05, 3.63) is 35.1 Å². The zero-order chi connectivity index (χ0) is 14.7. The van der Waals surface area contributed by atoms with Gasteiger partial charge in [0.2, 0.25) is 0 Å². The molecule has 2 aliphatic carbocycles. The maximum absolute atomic E-state index is 13.1. The highest BCUT2D eigenvalue weighted by Gasteiger charge is 2.67. The van der Waals surface area contributed by atoms with Crippen LogP contribution in [0.25, 0.3) is 0 Å². The first-order valence-corrected chi connectivity index (χ1v) is 6.00. The van der Waals surface area contributed by atoms with E-state index in [-0.39, 0.29) is 12.4 Å². The van der Waals surface area contributed by atoms with Gasteiger partial charge in [0.15, 0.2) is 5.71 Å². The van der Waals surface area contributed by atoms with E-state index in [1.807, 2.05) is 0 Å². The number of dihydropyridines is 1. The first-order valence-electron chi connectivity index (χ1n) is 6.00. The predicted molar refractivity (Wildman–Crippen MR) is 63.2 cm³/mol. The molecule has 0 aromatic heterocycles. The van der Waals surface area contributed by atoms with Gasteiger partial charge in [0.25, 0.3) is 0 Å². The van der Waals surface area contributed by atoms with Crippen molar-refractivity contribution in [3.63, 3.8) is 0 Å². The van der Waals surface area contributed by atoms with Crippen LogP contribution in [0.15, 0.2) is 40.1 Å². The highest BCUT2D eigenvalue weighted by Crippen LogP contribution is 2.63. The van der Waals surface area contributed by atoms with Crippen molar-refractivity contribution in [2.45, 2.75) is 18.6 Å². The second kappa shape index (κ2) is 3.74. The first kappa shape index (κ1) is 13.0. The van der Waals surface area contributed by atoms with Gasteiger partial charge in [-0.3, -0.25) is 4.99 Å². The molecule has 2 atom stereocenters. The molecule has 3 rings (SSSR count). The number of allylic oxidation sites excluding steroid dienone is 2. The largest absolute Gasteiger partial charge is 0.509 e. The maximum atomic E-state index is 13.1. The number of fused-ring (bicyclic) bond motifs is 1. The van der Waals surface area contributed by atoms with E-state index in [1.54, 1.807) is 0 Å². The van der Waals surface area contributed by atoms with Crippen molar-refractivity contribution in [1.29, 1.82) is 0 Å². The molecule has 0 aromatic rings. The molecule has 1 spiro atoms. The van der Waals surface area contributed by atoms with Crippen molar-refractivity contribution < 1.29 is 27.8 Å². The third kappa shape index (κ3) is 1.49. The van der Waals surface area contributed by atoms with E-state index >= 15 is 0 Å². The summed E-state index contributed by atoms with van der Waals surface area (Å²) in [5.41, 5.74) is -2.65. The molecule has 0 unspecified atom stereocenters. The number of nitrogens with zero attached hydrogens (tertiary/aromatic N) is 1. The number of ether oxygens (including phenoxy) is 1. The van der Waals surface area contributed by atoms with E-state index in [2.05, 4.69) is 9.73 Å². The number of alkyl halides is 3. The van der Waals surface area contributed by atoms with Crippen LogP contribution in [0.2, 0.25) is 0 Å². The minimum absolute atomic E-state index is 0.0228. The van der Waals surface area contributed by atoms with Gasteiger partial charge in [-0.05, 0) is 18.6 Å². The Bertz CT molecular complexity index is 627. The van der Waals surface area contributed by atoms with Crippen LogP contribution < -0.4 is 0 Å². The fourth-order valence-electron chi connectivity index (χ4n) is 2.67. The van der Waals surface area contributed by atoms with Crippen LogP contribution in [-0.2, 0) is 9.53 Å². The Hall–Kier alpha value is -2.05. The van der Waals surface area contributed by atoms with E-state index in [0.29, 0.717) is 5.57 Å². The SMILES string of the molecule is CCOC(=O)C1=C[C@@H]2C3=CC=C(O)[C@]32N=C1C(F)(F)F. The molecule has 0 aromatic carbocycles. The Morgan fingerprint density at radius 1 is 1.50 bits per heavy atom. The molecule has 4 nitrogen and oxygen atoms in total. The van der Waals surface area contributed by atoms with Gasteiger partial charge in [-0.1, -0.05) is 12.2 Å². The summed E-state index contributed by atoms with van der Waals surface area (Å²) in [7, 11) is 0. The predicted octanol–water partition coefficient (Wildman–Crippen LogP) is 2.24. The number of aliphatic hydroxyl groups is 1. The van der Waals surface area contributed by atoms with Gasteiger partial charge >= 0.3 is 12.1 Å².